The summed E-state index contributed by atoms with van der Waals surface area (Å²) < 4.78 is 0. The van der Waals surface area contributed by atoms with Gasteiger partial charge in [-0.3, -0.25) is 4.79 Å². The monoisotopic (exact) mass is 303 g/mol. The third-order valence-corrected chi connectivity index (χ3v) is 4.04. The Hall–Kier alpha value is -2.61. The second-order valence-electron chi connectivity index (χ2n) is 5.82. The van der Waals surface area contributed by atoms with E-state index in [0.717, 1.165) is 17.5 Å². The summed E-state index contributed by atoms with van der Waals surface area (Å²) in [6.07, 6.45) is 3.44. The molecule has 3 aromatic carbocycles. The second kappa shape index (κ2) is 7.10. The van der Waals surface area contributed by atoms with Crippen molar-refractivity contribution in [2.24, 2.45) is 0 Å². The number of nitrogens with one attached hydrogen (secondary N) is 1. The van der Waals surface area contributed by atoms with Crippen molar-refractivity contribution in [3.63, 3.8) is 0 Å². The van der Waals surface area contributed by atoms with Crippen LogP contribution in [0.1, 0.15) is 35.7 Å². The first kappa shape index (κ1) is 15.3. The van der Waals surface area contributed by atoms with Gasteiger partial charge in [0.05, 0.1) is 0 Å². The zero-order chi connectivity index (χ0) is 16.1. The Bertz CT molecular complexity index is 805. The average Bonchev–Trinajstić information content (AvgIpc) is 2.60. The number of hydrogen-bond donors (Lipinski definition) is 1. The Morgan fingerprint density at radius 3 is 2.39 bits per heavy atom. The van der Waals surface area contributed by atoms with E-state index in [1.54, 1.807) is 0 Å². The van der Waals surface area contributed by atoms with E-state index in [2.05, 4.69) is 18.3 Å². The topological polar surface area (TPSA) is 29.1 Å². The van der Waals surface area contributed by atoms with Gasteiger partial charge in [0.2, 0.25) is 0 Å². The Labute approximate surface area is 137 Å². The van der Waals surface area contributed by atoms with Gasteiger partial charge in [-0.2, -0.15) is 0 Å². The lowest BCUT2D eigenvalue weighted by atomic mass is 10.1. The maximum Gasteiger partial charge on any atom is 0.255 e. The predicted octanol–water partition coefficient (Wildman–Crippen LogP) is 5.43. The van der Waals surface area contributed by atoms with Crippen molar-refractivity contribution in [2.75, 3.05) is 5.32 Å². The van der Waals surface area contributed by atoms with Crippen LogP contribution in [0.25, 0.3) is 10.8 Å². The summed E-state index contributed by atoms with van der Waals surface area (Å²) in [5, 5.41) is 5.27. The second-order valence-corrected chi connectivity index (χ2v) is 5.82. The summed E-state index contributed by atoms with van der Waals surface area (Å²) >= 11 is 0. The van der Waals surface area contributed by atoms with Crippen molar-refractivity contribution in [2.45, 2.75) is 26.2 Å². The number of rotatable bonds is 5. The lowest BCUT2D eigenvalue weighted by molar-refractivity contribution is 0.102. The smallest absolute Gasteiger partial charge is 0.255 e. The molecule has 2 heteroatoms. The molecule has 0 heterocycles. The minimum atomic E-state index is -0.0673. The molecule has 0 unspecified atom stereocenters. The molecule has 1 N–H and O–H groups in total. The van der Waals surface area contributed by atoms with Crippen molar-refractivity contribution >= 4 is 22.4 Å². The van der Waals surface area contributed by atoms with E-state index in [9.17, 15) is 4.79 Å². The van der Waals surface area contributed by atoms with Crippen LogP contribution in [-0.2, 0) is 6.42 Å². The normalized spacial score (nSPS) is 10.7. The Morgan fingerprint density at radius 1 is 0.913 bits per heavy atom. The molecule has 116 valence electrons. The number of anilines is 1. The maximum absolute atomic E-state index is 12.4. The van der Waals surface area contributed by atoms with Crippen LogP contribution in [0.3, 0.4) is 0 Å². The van der Waals surface area contributed by atoms with Crippen LogP contribution in [0.2, 0.25) is 0 Å². The third kappa shape index (κ3) is 3.78. The molecule has 0 radical (unpaired) electrons. The molecule has 1 amide bonds. The predicted molar refractivity (Wildman–Crippen MR) is 97.0 cm³/mol. The number of unbranched alkanes of at least 4 members (excludes halogenated alkanes) is 1. The fourth-order valence-corrected chi connectivity index (χ4v) is 2.67. The molecule has 0 spiro atoms. The zero-order valence-electron chi connectivity index (χ0n) is 13.4. The quantitative estimate of drug-likeness (QED) is 0.668. The SMILES string of the molecule is CCCCc1ccc(C(=O)Nc2ccc3ccccc3c2)cc1. The van der Waals surface area contributed by atoms with Gasteiger partial charge < -0.3 is 5.32 Å². The highest BCUT2D eigenvalue weighted by Crippen LogP contribution is 2.19. The van der Waals surface area contributed by atoms with E-state index in [1.165, 1.54) is 23.8 Å². The number of amides is 1. The van der Waals surface area contributed by atoms with Gasteiger partial charge in [-0.25, -0.2) is 0 Å². The van der Waals surface area contributed by atoms with E-state index in [0.29, 0.717) is 5.56 Å². The Balaban J connectivity index is 1.72. The first-order valence-electron chi connectivity index (χ1n) is 8.15. The van der Waals surface area contributed by atoms with Gasteiger partial charge in [-0.1, -0.05) is 55.8 Å². The van der Waals surface area contributed by atoms with Gasteiger partial charge in [0, 0.05) is 11.3 Å². The van der Waals surface area contributed by atoms with Crippen molar-refractivity contribution in [1.29, 1.82) is 0 Å². The van der Waals surface area contributed by atoms with Gasteiger partial charge >= 0.3 is 0 Å². The summed E-state index contributed by atoms with van der Waals surface area (Å²) in [4.78, 5) is 12.4. The van der Waals surface area contributed by atoms with Crippen LogP contribution in [0.15, 0.2) is 66.7 Å². The summed E-state index contributed by atoms with van der Waals surface area (Å²) in [7, 11) is 0. The highest BCUT2D eigenvalue weighted by atomic mass is 16.1. The molecule has 3 aromatic rings. The molecule has 0 fully saturated rings. The maximum atomic E-state index is 12.4. The summed E-state index contributed by atoms with van der Waals surface area (Å²) in [5.74, 6) is -0.0673. The van der Waals surface area contributed by atoms with E-state index >= 15 is 0 Å². The fraction of sp³-hybridized carbons (Fsp3) is 0.190. The van der Waals surface area contributed by atoms with Crippen LogP contribution >= 0.6 is 0 Å². The first-order chi connectivity index (χ1) is 11.3. The van der Waals surface area contributed by atoms with E-state index in [-0.39, 0.29) is 5.91 Å². The van der Waals surface area contributed by atoms with Crippen molar-refractivity contribution in [1.82, 2.24) is 0 Å². The highest BCUT2D eigenvalue weighted by Gasteiger charge is 2.06. The number of carbonyl (C=O) groups is 1. The molecule has 0 saturated heterocycles. The number of fused-ring (bicyclic) bond motifs is 1. The standard InChI is InChI=1S/C21H21NO/c1-2-3-6-16-9-11-18(12-10-16)21(23)22-20-14-13-17-7-4-5-8-19(17)15-20/h4-5,7-15H,2-3,6H2,1H3,(H,22,23). The molecule has 23 heavy (non-hydrogen) atoms. The molecule has 0 saturated carbocycles. The van der Waals surface area contributed by atoms with Crippen molar-refractivity contribution in [3.8, 4) is 0 Å². The van der Waals surface area contributed by atoms with E-state index in [1.807, 2.05) is 60.7 Å². The van der Waals surface area contributed by atoms with Gasteiger partial charge in [0.15, 0.2) is 0 Å². The zero-order valence-corrected chi connectivity index (χ0v) is 13.4. The van der Waals surface area contributed by atoms with Crippen molar-refractivity contribution in [3.05, 3.63) is 77.9 Å². The average molecular weight is 303 g/mol. The number of hydrogen-bond acceptors (Lipinski definition) is 1. The van der Waals surface area contributed by atoms with Crippen LogP contribution in [0, 0.1) is 0 Å². The third-order valence-electron chi connectivity index (χ3n) is 4.04. The molecule has 0 aliphatic carbocycles. The molecule has 2 nitrogen and oxygen atoms in total. The first-order valence-corrected chi connectivity index (χ1v) is 8.15. The Morgan fingerprint density at radius 2 is 1.65 bits per heavy atom. The molecule has 0 aliphatic heterocycles. The summed E-state index contributed by atoms with van der Waals surface area (Å²) in [5.41, 5.74) is 2.80. The van der Waals surface area contributed by atoms with Crippen LogP contribution in [0.4, 0.5) is 5.69 Å². The van der Waals surface area contributed by atoms with E-state index in [4.69, 9.17) is 0 Å². The lowest BCUT2D eigenvalue weighted by Gasteiger charge is -2.07. The highest BCUT2D eigenvalue weighted by molar-refractivity contribution is 6.05. The molecule has 3 rings (SSSR count). The molecular formula is C21H21NO. The van der Waals surface area contributed by atoms with Gasteiger partial charge in [0.25, 0.3) is 5.91 Å². The number of aryl methyl sites for hydroxylation is 1. The molecule has 0 bridgehead atoms. The minimum absolute atomic E-state index is 0.0673. The van der Waals surface area contributed by atoms with Gasteiger partial charge in [-0.15, -0.1) is 0 Å². The molecule has 0 atom stereocenters. The largest absolute Gasteiger partial charge is 0.322 e. The minimum Gasteiger partial charge on any atom is -0.322 e. The molecular weight excluding hydrogens is 282 g/mol. The van der Waals surface area contributed by atoms with Gasteiger partial charge in [0.1, 0.15) is 0 Å². The van der Waals surface area contributed by atoms with Crippen LogP contribution in [0.5, 0.6) is 0 Å². The van der Waals surface area contributed by atoms with Crippen LogP contribution < -0.4 is 5.32 Å². The van der Waals surface area contributed by atoms with Crippen molar-refractivity contribution < 1.29 is 4.79 Å². The van der Waals surface area contributed by atoms with E-state index < -0.39 is 0 Å². The Kier molecular flexibility index (Phi) is 4.72. The number of carbonyl (C=O) groups excluding carboxylic acids is 1. The molecule has 0 aromatic heterocycles. The van der Waals surface area contributed by atoms with Crippen LogP contribution in [-0.4, -0.2) is 5.91 Å². The molecule has 0 aliphatic rings. The lowest BCUT2D eigenvalue weighted by Crippen LogP contribution is -2.11. The van der Waals surface area contributed by atoms with Gasteiger partial charge in [-0.05, 0) is 53.4 Å². The summed E-state index contributed by atoms with van der Waals surface area (Å²) in [6.45, 7) is 2.19. The number of benzene rings is 3. The fourth-order valence-electron chi connectivity index (χ4n) is 2.67. The summed E-state index contributed by atoms with van der Waals surface area (Å²) in [6, 6.07) is 22.0.